The third-order valence-electron chi connectivity index (χ3n) is 10.7. The lowest BCUT2D eigenvalue weighted by Gasteiger charge is -2.24. The Morgan fingerprint density at radius 2 is 0.967 bits per heavy atom. The lowest BCUT2D eigenvalue weighted by Crippen LogP contribution is -2.37. The molecule has 8 nitrogen and oxygen atoms in total. The summed E-state index contributed by atoms with van der Waals surface area (Å²) in [6.07, 6.45) is 54.3. The third kappa shape index (κ3) is 47.5. The van der Waals surface area contributed by atoms with Crippen molar-refractivity contribution in [3.05, 3.63) is 48.6 Å². The first-order valence-corrected chi connectivity index (χ1v) is 26.4. The number of carbonyl (C=O) groups is 1. The number of carbonyl (C=O) groups excluding carboxylic acids is 1. The molecule has 2 unspecified atom stereocenters. The van der Waals surface area contributed by atoms with Gasteiger partial charge < -0.3 is 18.9 Å². The van der Waals surface area contributed by atoms with Gasteiger partial charge in [0.2, 0.25) is 0 Å². The Bertz CT molecular complexity index is 1100. The molecule has 0 aromatic rings. The maximum Gasteiger partial charge on any atom is 0.472 e. The molecule has 0 aliphatic rings. The zero-order chi connectivity index (χ0) is 44.1. The Labute approximate surface area is 371 Å². The Hall–Kier alpha value is -1.54. The largest absolute Gasteiger partial charge is 0.472 e. The second kappa shape index (κ2) is 44.1. The van der Waals surface area contributed by atoms with E-state index in [1.54, 1.807) is 0 Å². The first-order chi connectivity index (χ1) is 29.1. The minimum atomic E-state index is -4.28. The van der Waals surface area contributed by atoms with Gasteiger partial charge in [-0.25, -0.2) is 4.57 Å². The van der Waals surface area contributed by atoms with Crippen LogP contribution in [-0.4, -0.2) is 75.6 Å². The molecule has 352 valence electrons. The van der Waals surface area contributed by atoms with E-state index in [-0.39, 0.29) is 25.8 Å². The average Bonchev–Trinajstić information content (AvgIpc) is 3.20. The van der Waals surface area contributed by atoms with Gasteiger partial charge in [-0.3, -0.25) is 13.8 Å². The predicted octanol–water partition coefficient (Wildman–Crippen LogP) is 15.1. The van der Waals surface area contributed by atoms with Gasteiger partial charge in [0, 0.05) is 13.0 Å². The van der Waals surface area contributed by atoms with Crippen LogP contribution in [0, 0.1) is 0 Å². The van der Waals surface area contributed by atoms with Gasteiger partial charge in [-0.05, 0) is 51.4 Å². The summed E-state index contributed by atoms with van der Waals surface area (Å²) in [5.74, 6) is -0.317. The van der Waals surface area contributed by atoms with E-state index >= 15 is 0 Å². The van der Waals surface area contributed by atoms with E-state index in [2.05, 4.69) is 62.5 Å². The lowest BCUT2D eigenvalue weighted by molar-refractivity contribution is -0.870. The van der Waals surface area contributed by atoms with E-state index in [9.17, 15) is 14.3 Å². The molecule has 0 aliphatic carbocycles. The van der Waals surface area contributed by atoms with Crippen molar-refractivity contribution in [3.8, 4) is 0 Å². The summed E-state index contributed by atoms with van der Waals surface area (Å²) in [7, 11) is 1.67. The first-order valence-electron chi connectivity index (χ1n) is 24.9. The van der Waals surface area contributed by atoms with E-state index in [0.717, 1.165) is 57.8 Å². The van der Waals surface area contributed by atoms with Gasteiger partial charge >= 0.3 is 13.8 Å². The van der Waals surface area contributed by atoms with Crippen LogP contribution in [0.3, 0.4) is 0 Å². The van der Waals surface area contributed by atoms with Crippen molar-refractivity contribution in [1.82, 2.24) is 0 Å². The molecule has 0 heterocycles. The Balaban J connectivity index is 4.14. The molecule has 1 N–H and O–H groups in total. The van der Waals surface area contributed by atoms with Crippen molar-refractivity contribution in [1.29, 1.82) is 0 Å². The zero-order valence-electron chi connectivity index (χ0n) is 39.9. The molecule has 0 saturated heterocycles. The van der Waals surface area contributed by atoms with E-state index in [1.165, 1.54) is 135 Å². The lowest BCUT2D eigenvalue weighted by atomic mass is 10.0. The predicted molar refractivity (Wildman–Crippen MR) is 256 cm³/mol. The highest BCUT2D eigenvalue weighted by molar-refractivity contribution is 7.47. The van der Waals surface area contributed by atoms with Crippen LogP contribution in [-0.2, 0) is 27.9 Å². The topological polar surface area (TPSA) is 91.3 Å². The summed E-state index contributed by atoms with van der Waals surface area (Å²) in [6, 6.07) is 0. The number of phosphoric ester groups is 1. The molecule has 0 saturated carbocycles. The maximum absolute atomic E-state index is 12.8. The van der Waals surface area contributed by atoms with Gasteiger partial charge in [-0.15, -0.1) is 0 Å². The van der Waals surface area contributed by atoms with Gasteiger partial charge in [0.1, 0.15) is 19.3 Å². The summed E-state index contributed by atoms with van der Waals surface area (Å²) in [4.78, 5) is 23.0. The molecular formula is C51H97NO7P+. The maximum atomic E-state index is 12.8. The molecule has 0 bridgehead atoms. The van der Waals surface area contributed by atoms with Crippen LogP contribution >= 0.6 is 7.82 Å². The quantitative estimate of drug-likeness (QED) is 0.0214. The van der Waals surface area contributed by atoms with Crippen LogP contribution < -0.4 is 0 Å². The molecule has 0 aromatic heterocycles. The third-order valence-corrected chi connectivity index (χ3v) is 11.6. The molecule has 0 spiro atoms. The van der Waals surface area contributed by atoms with Crippen LogP contribution in [0.15, 0.2) is 48.6 Å². The molecule has 0 fully saturated rings. The number of allylic oxidation sites excluding steroid dienone is 8. The Morgan fingerprint density at radius 3 is 1.45 bits per heavy atom. The smallest absolute Gasteiger partial charge is 0.457 e. The molecule has 9 heteroatoms. The van der Waals surface area contributed by atoms with Crippen LogP contribution in [0.25, 0.3) is 0 Å². The molecule has 60 heavy (non-hydrogen) atoms. The number of esters is 1. The fourth-order valence-corrected chi connectivity index (χ4v) is 7.58. The van der Waals surface area contributed by atoms with Crippen LogP contribution in [0.2, 0.25) is 0 Å². The zero-order valence-corrected chi connectivity index (χ0v) is 40.8. The van der Waals surface area contributed by atoms with Gasteiger partial charge in [-0.1, -0.05) is 204 Å². The molecule has 0 amide bonds. The summed E-state index contributed by atoms with van der Waals surface area (Å²) < 4.78 is 35.1. The number of hydrogen-bond acceptors (Lipinski definition) is 6. The number of nitrogens with zero attached hydrogens (tertiary/aromatic N) is 1. The Morgan fingerprint density at radius 1 is 0.533 bits per heavy atom. The standard InChI is InChI=1S/C51H96NO7P/c1-6-8-10-12-14-16-18-20-22-23-24-25-26-27-28-29-30-32-34-36-38-40-42-44-51(53)59-50(49-58-60(54,55)57-47-45-52(3,4)5)48-56-46-43-41-39-37-35-33-31-21-19-17-15-13-11-9-7-2/h8,10,14,16,20,22,24-25,50H,6-7,9,11-13,15,17-19,21,23,26-49H2,1-5H3/p+1/b10-8-,16-14-,22-20-,25-24-. The number of phosphoric acid groups is 1. The molecule has 0 aliphatic heterocycles. The second-order valence-corrected chi connectivity index (χ2v) is 19.3. The van der Waals surface area contributed by atoms with Crippen molar-refractivity contribution in [2.45, 2.75) is 219 Å². The van der Waals surface area contributed by atoms with E-state index in [0.29, 0.717) is 24.1 Å². The van der Waals surface area contributed by atoms with Crippen LogP contribution in [0.5, 0.6) is 0 Å². The first kappa shape index (κ1) is 58.5. The summed E-state index contributed by atoms with van der Waals surface area (Å²) in [5, 5.41) is 0. The van der Waals surface area contributed by atoms with Crippen molar-refractivity contribution >= 4 is 13.8 Å². The fraction of sp³-hybridized carbons (Fsp3) is 0.824. The van der Waals surface area contributed by atoms with Gasteiger partial charge in [0.25, 0.3) is 0 Å². The van der Waals surface area contributed by atoms with Crippen LogP contribution in [0.4, 0.5) is 0 Å². The molecule has 0 radical (unpaired) electrons. The highest BCUT2D eigenvalue weighted by atomic mass is 31.2. The molecular weight excluding hydrogens is 770 g/mol. The average molecular weight is 867 g/mol. The van der Waals surface area contributed by atoms with Crippen LogP contribution in [0.1, 0.15) is 213 Å². The second-order valence-electron chi connectivity index (χ2n) is 17.8. The molecule has 0 rings (SSSR count). The van der Waals surface area contributed by atoms with Crippen molar-refractivity contribution < 1.29 is 37.3 Å². The normalized spacial score (nSPS) is 14.0. The van der Waals surface area contributed by atoms with E-state index in [4.69, 9.17) is 18.5 Å². The summed E-state index contributed by atoms with van der Waals surface area (Å²) in [6.45, 7) is 5.54. The number of quaternary nitrogens is 1. The number of unbranched alkanes of at least 4 members (excludes halogenated alkanes) is 24. The monoisotopic (exact) mass is 867 g/mol. The number of rotatable bonds is 46. The van der Waals surface area contributed by atoms with E-state index < -0.39 is 13.9 Å². The molecule has 0 aromatic carbocycles. The minimum Gasteiger partial charge on any atom is -0.457 e. The number of likely N-dealkylation sites (N-methyl/N-ethyl adjacent to an activating group) is 1. The minimum absolute atomic E-state index is 0.0880. The number of ether oxygens (including phenoxy) is 2. The van der Waals surface area contributed by atoms with Crippen molar-refractivity contribution in [2.24, 2.45) is 0 Å². The summed E-state index contributed by atoms with van der Waals surface area (Å²) >= 11 is 0. The van der Waals surface area contributed by atoms with Gasteiger partial charge in [-0.2, -0.15) is 0 Å². The summed E-state index contributed by atoms with van der Waals surface area (Å²) in [5.41, 5.74) is 0. The number of hydrogen-bond donors (Lipinski definition) is 1. The van der Waals surface area contributed by atoms with Crippen molar-refractivity contribution in [2.75, 3.05) is 54.1 Å². The highest BCUT2D eigenvalue weighted by Gasteiger charge is 2.26. The van der Waals surface area contributed by atoms with Crippen molar-refractivity contribution in [3.63, 3.8) is 0 Å². The fourth-order valence-electron chi connectivity index (χ4n) is 6.84. The highest BCUT2D eigenvalue weighted by Crippen LogP contribution is 2.43. The SMILES string of the molecule is CC/C=C\C/C=C\C/C=C\C/C=C\CCCCCCCCCCCCC(=O)OC(COCCCCCCCCCCCCCCCCC)COP(=O)(O)OCC[N+](C)(C)C. The Kier molecular flexibility index (Phi) is 43.0. The molecule has 2 atom stereocenters. The van der Waals surface area contributed by atoms with Gasteiger partial charge in [0.15, 0.2) is 0 Å². The van der Waals surface area contributed by atoms with E-state index in [1.807, 2.05) is 21.1 Å². The van der Waals surface area contributed by atoms with Gasteiger partial charge in [0.05, 0.1) is 34.4 Å².